The van der Waals surface area contributed by atoms with Crippen molar-refractivity contribution in [1.29, 1.82) is 0 Å². The molecule has 3 N–H and O–H groups in total. The molecule has 0 aliphatic carbocycles. The van der Waals surface area contributed by atoms with E-state index in [1.165, 1.54) is 6.42 Å². The predicted molar refractivity (Wildman–Crippen MR) is 54.3 cm³/mol. The fourth-order valence-electron chi connectivity index (χ4n) is 0.446. The van der Waals surface area contributed by atoms with Crippen molar-refractivity contribution in [2.24, 2.45) is 10.7 Å². The van der Waals surface area contributed by atoms with Crippen molar-refractivity contribution in [3.63, 3.8) is 0 Å². The third-order valence-electron chi connectivity index (χ3n) is 0.969. The Balaban J connectivity index is 3.28. The average Bonchev–Trinajstić information content (AvgIpc) is 1.89. The Hall–Kier alpha value is 0.922. The molecule has 0 atom stereocenters. The van der Waals surface area contributed by atoms with Crippen molar-refractivity contribution < 1.29 is 0 Å². The van der Waals surface area contributed by atoms with Crippen LogP contribution in [-0.2, 0) is 0 Å². The summed E-state index contributed by atoms with van der Waals surface area (Å²) in [7, 11) is 0. The van der Waals surface area contributed by atoms with Crippen LogP contribution in [0.5, 0.6) is 0 Å². The van der Waals surface area contributed by atoms with Gasteiger partial charge in [0.2, 0.25) is 0 Å². The average molecular weight is 448 g/mol. The van der Waals surface area contributed by atoms with Crippen LogP contribution >= 0.6 is 17.8 Å². The summed E-state index contributed by atoms with van der Waals surface area (Å²) in [5.41, 5.74) is 5.51. The van der Waals surface area contributed by atoms with E-state index in [2.05, 4.69) is 32.8 Å². The summed E-state index contributed by atoms with van der Waals surface area (Å²) < 4.78 is 3.11. The van der Waals surface area contributed by atoms with E-state index in [9.17, 15) is 0 Å². The first-order valence-corrected chi connectivity index (χ1v) is 16.1. The number of rotatable bonds is 4. The molecule has 58 valence electrons. The maximum absolute atomic E-state index is 5.51. The van der Waals surface area contributed by atoms with Crippen LogP contribution in [0.15, 0.2) is 4.99 Å². The summed E-state index contributed by atoms with van der Waals surface area (Å²) >= 11 is 1.77. The van der Waals surface area contributed by atoms with E-state index in [4.69, 9.17) is 5.73 Å². The van der Waals surface area contributed by atoms with Gasteiger partial charge < -0.3 is 0 Å². The van der Waals surface area contributed by atoms with Crippen molar-refractivity contribution in [3.05, 3.63) is 0 Å². The molecular formula is C5H12IN3Pb. The normalized spacial score (nSPS) is 11.6. The second kappa shape index (κ2) is 8.02. The van der Waals surface area contributed by atoms with Crippen LogP contribution in [0.4, 0.5) is 0 Å². The first-order chi connectivity index (χ1) is 4.81. The van der Waals surface area contributed by atoms with E-state index in [0.717, 1.165) is 13.0 Å². The Morgan fingerprint density at radius 2 is 2.50 bits per heavy atom. The van der Waals surface area contributed by atoms with Gasteiger partial charge in [0.15, 0.2) is 0 Å². The van der Waals surface area contributed by atoms with Gasteiger partial charge in [-0.1, -0.05) is 0 Å². The van der Waals surface area contributed by atoms with Crippen molar-refractivity contribution >= 4 is 44.0 Å². The Morgan fingerprint density at radius 3 is 3.00 bits per heavy atom. The Kier molecular flexibility index (Phi) is 8.76. The molecule has 3 nitrogen and oxygen atoms in total. The fourth-order valence-corrected chi connectivity index (χ4v) is 3.55. The second-order valence-electron chi connectivity index (χ2n) is 1.84. The van der Waals surface area contributed by atoms with E-state index in [0.29, 0.717) is 5.96 Å². The Morgan fingerprint density at radius 1 is 1.80 bits per heavy atom. The number of nitrogens with two attached hydrogens (primary N) is 1. The van der Waals surface area contributed by atoms with E-state index in [1.54, 1.807) is 0 Å². The van der Waals surface area contributed by atoms with Crippen LogP contribution in [0.3, 0.4) is 0 Å². The first-order valence-electron chi connectivity index (χ1n) is 3.22. The van der Waals surface area contributed by atoms with Crippen molar-refractivity contribution in [3.8, 4) is 0 Å². The second-order valence-corrected chi connectivity index (χ2v) is 8.28. The molecule has 0 aliphatic heterocycles. The summed E-state index contributed by atoms with van der Waals surface area (Å²) in [6, 6.07) is 0. The molecule has 0 aliphatic rings. The SMILES string of the molecule is CCCCN=C(N)[NH][Pb][I]. The van der Waals surface area contributed by atoms with Gasteiger partial charge in [-0.15, -0.1) is 0 Å². The summed E-state index contributed by atoms with van der Waals surface area (Å²) in [6.45, 7) is 3.02. The van der Waals surface area contributed by atoms with Gasteiger partial charge in [0, 0.05) is 0 Å². The number of nitrogens with zero attached hydrogens (tertiary/aromatic N) is 1. The molecule has 0 saturated heterocycles. The van der Waals surface area contributed by atoms with Gasteiger partial charge in [0.05, 0.1) is 0 Å². The van der Waals surface area contributed by atoms with Crippen molar-refractivity contribution in [2.75, 3.05) is 6.54 Å². The molecule has 0 heterocycles. The summed E-state index contributed by atoms with van der Waals surface area (Å²) in [4.78, 5) is 4.13. The van der Waals surface area contributed by atoms with E-state index in [-0.39, 0.29) is 0 Å². The summed E-state index contributed by atoms with van der Waals surface area (Å²) in [5, 5.41) is 0. The predicted octanol–water partition coefficient (Wildman–Crippen LogP) is 0.660. The molecule has 2 radical (unpaired) electrons. The van der Waals surface area contributed by atoms with Crippen LogP contribution in [0.2, 0.25) is 0 Å². The third kappa shape index (κ3) is 7.03. The molecule has 0 spiro atoms. The molecule has 0 amide bonds. The van der Waals surface area contributed by atoms with E-state index in [1.807, 2.05) is 0 Å². The number of aliphatic imine (C=N–C) groups is 1. The number of hydrogen-bond donors (Lipinski definition) is 2. The fraction of sp³-hybridized carbons (Fsp3) is 0.800. The molecule has 0 saturated carbocycles. The number of unbranched alkanes of at least 4 members (excludes halogenated alkanes) is 1. The van der Waals surface area contributed by atoms with Gasteiger partial charge >= 0.3 is 84.1 Å². The summed E-state index contributed by atoms with van der Waals surface area (Å²) in [6.07, 6.45) is 2.32. The zero-order valence-electron chi connectivity index (χ0n) is 6.02. The van der Waals surface area contributed by atoms with Gasteiger partial charge in [-0.25, -0.2) is 0 Å². The van der Waals surface area contributed by atoms with Gasteiger partial charge in [-0.2, -0.15) is 0 Å². The quantitative estimate of drug-likeness (QED) is 0.218. The number of halogens is 1. The topological polar surface area (TPSA) is 50.4 Å². The molecule has 10 heavy (non-hydrogen) atoms. The molecule has 0 aromatic carbocycles. The van der Waals surface area contributed by atoms with Gasteiger partial charge in [0.1, 0.15) is 0 Å². The van der Waals surface area contributed by atoms with Crippen LogP contribution in [0.1, 0.15) is 19.8 Å². The Labute approximate surface area is 83.3 Å². The third-order valence-corrected chi connectivity index (χ3v) is 4.70. The standard InChI is InChI=1S/C5H12N3.HI.Pb/c1-2-3-4-8-5(6)7;;/h2-4H2,1H3,(H3-,6,7,8);1H;/q-1;;+2/p-1. The molecule has 0 unspecified atom stereocenters. The van der Waals surface area contributed by atoms with Gasteiger partial charge in [-0.3, -0.25) is 0 Å². The van der Waals surface area contributed by atoms with Crippen LogP contribution in [-0.4, -0.2) is 32.7 Å². The molecule has 0 aromatic rings. The molecule has 0 rings (SSSR count). The zero-order chi connectivity index (χ0) is 7.82. The Bertz CT molecular complexity index is 107. The van der Waals surface area contributed by atoms with E-state index >= 15 is 0 Å². The molecule has 0 fully saturated rings. The molecule has 0 aromatic heterocycles. The molecular weight excluding hydrogens is 436 g/mol. The minimum atomic E-state index is -0.612. The maximum atomic E-state index is 5.51. The zero-order valence-corrected chi connectivity index (χ0v) is 12.1. The van der Waals surface area contributed by atoms with Gasteiger partial charge in [0.25, 0.3) is 0 Å². The van der Waals surface area contributed by atoms with Crippen LogP contribution in [0.25, 0.3) is 0 Å². The number of guanidine groups is 1. The number of hydrogen-bond acceptors (Lipinski definition) is 1. The van der Waals surface area contributed by atoms with Crippen molar-refractivity contribution in [2.45, 2.75) is 19.8 Å². The van der Waals surface area contributed by atoms with Gasteiger partial charge in [-0.05, 0) is 0 Å². The molecule has 0 bridgehead atoms. The first kappa shape index (κ1) is 10.9. The van der Waals surface area contributed by atoms with Crippen LogP contribution in [0, 0.1) is 0 Å². The molecule has 5 heteroatoms. The summed E-state index contributed by atoms with van der Waals surface area (Å²) in [5.74, 6) is 0.645. The number of nitrogens with one attached hydrogen (secondary N) is 1. The van der Waals surface area contributed by atoms with Crippen LogP contribution < -0.4 is 8.86 Å². The van der Waals surface area contributed by atoms with Crippen molar-refractivity contribution in [1.82, 2.24) is 3.13 Å². The van der Waals surface area contributed by atoms with E-state index < -0.39 is 20.2 Å². The monoisotopic (exact) mass is 449 g/mol. The minimum absolute atomic E-state index is 0.612.